The molecule has 1 aliphatic rings. The van der Waals surface area contributed by atoms with Gasteiger partial charge >= 0.3 is 6.09 Å². The molecule has 118 valence electrons. The largest absolute Gasteiger partial charge is 0.444 e. The Kier molecular flexibility index (Phi) is 4.92. The molecule has 1 aliphatic heterocycles. The van der Waals surface area contributed by atoms with E-state index in [9.17, 15) is 4.79 Å². The summed E-state index contributed by atoms with van der Waals surface area (Å²) in [5.41, 5.74) is 1.22. The van der Waals surface area contributed by atoms with Crippen LogP contribution in [0.4, 0.5) is 10.5 Å². The van der Waals surface area contributed by atoms with Crippen molar-refractivity contribution in [2.75, 3.05) is 18.4 Å². The second-order valence-electron chi connectivity index (χ2n) is 6.58. The summed E-state index contributed by atoms with van der Waals surface area (Å²) in [6.07, 6.45) is 1.54. The molecule has 5 heteroatoms. The van der Waals surface area contributed by atoms with E-state index in [1.807, 2.05) is 32.9 Å². The molecular weight excluding hydrogens is 278 g/mol. The smallest absolute Gasteiger partial charge is 0.410 e. The van der Waals surface area contributed by atoms with Crippen molar-refractivity contribution in [2.45, 2.75) is 45.3 Å². The van der Waals surface area contributed by atoms with Crippen molar-refractivity contribution in [1.82, 2.24) is 4.90 Å². The molecule has 0 atom stereocenters. The Labute approximate surface area is 131 Å². The standard InChI is InChI=1S/C17H23N3O2/c1-17(2,3)22-16(21)20-10-8-15(9-11-20)19-14-6-4-13(12-18)5-7-14/h4-7,15,19H,8-11H2,1-3H3. The number of amides is 1. The van der Waals surface area contributed by atoms with Gasteiger partial charge in [-0.3, -0.25) is 0 Å². The number of carbonyl (C=O) groups excluding carboxylic acids is 1. The molecule has 1 N–H and O–H groups in total. The van der Waals surface area contributed by atoms with Crippen molar-refractivity contribution in [2.24, 2.45) is 0 Å². The molecule has 22 heavy (non-hydrogen) atoms. The molecule has 1 amide bonds. The summed E-state index contributed by atoms with van der Waals surface area (Å²) in [5, 5.41) is 12.2. The summed E-state index contributed by atoms with van der Waals surface area (Å²) in [5.74, 6) is 0. The topological polar surface area (TPSA) is 65.4 Å². The van der Waals surface area contributed by atoms with Gasteiger partial charge < -0.3 is 15.0 Å². The summed E-state index contributed by atoms with van der Waals surface area (Å²) in [7, 11) is 0. The molecular formula is C17H23N3O2. The number of nitrogens with one attached hydrogen (secondary N) is 1. The monoisotopic (exact) mass is 301 g/mol. The lowest BCUT2D eigenvalue weighted by atomic mass is 10.0. The van der Waals surface area contributed by atoms with Crippen LogP contribution in [-0.4, -0.2) is 35.7 Å². The van der Waals surface area contributed by atoms with Crippen LogP contribution in [-0.2, 0) is 4.74 Å². The van der Waals surface area contributed by atoms with Gasteiger partial charge in [-0.15, -0.1) is 0 Å². The Morgan fingerprint density at radius 3 is 2.36 bits per heavy atom. The molecule has 1 fully saturated rings. The highest BCUT2D eigenvalue weighted by molar-refractivity contribution is 5.68. The van der Waals surface area contributed by atoms with Gasteiger partial charge in [0.25, 0.3) is 0 Å². The lowest BCUT2D eigenvalue weighted by Gasteiger charge is -2.34. The molecule has 0 bridgehead atoms. The van der Waals surface area contributed by atoms with E-state index in [2.05, 4.69) is 11.4 Å². The second kappa shape index (κ2) is 6.69. The van der Waals surface area contributed by atoms with Crippen molar-refractivity contribution in [3.05, 3.63) is 29.8 Å². The van der Waals surface area contributed by atoms with Gasteiger partial charge in [0.05, 0.1) is 11.6 Å². The van der Waals surface area contributed by atoms with Crippen molar-refractivity contribution >= 4 is 11.8 Å². The summed E-state index contributed by atoms with van der Waals surface area (Å²) in [6.45, 7) is 7.03. The Hall–Kier alpha value is -2.22. The van der Waals surface area contributed by atoms with Gasteiger partial charge in [-0.25, -0.2) is 4.79 Å². The minimum absolute atomic E-state index is 0.232. The summed E-state index contributed by atoms with van der Waals surface area (Å²) >= 11 is 0. The van der Waals surface area contributed by atoms with Crippen LogP contribution < -0.4 is 5.32 Å². The number of likely N-dealkylation sites (tertiary alicyclic amines) is 1. The minimum atomic E-state index is -0.450. The molecule has 0 radical (unpaired) electrons. The van der Waals surface area contributed by atoms with Crippen LogP contribution in [0.1, 0.15) is 39.2 Å². The number of benzene rings is 1. The van der Waals surface area contributed by atoms with E-state index in [-0.39, 0.29) is 6.09 Å². The average molecular weight is 301 g/mol. The maximum atomic E-state index is 12.0. The van der Waals surface area contributed by atoms with Gasteiger partial charge in [0, 0.05) is 24.8 Å². The molecule has 0 spiro atoms. The van der Waals surface area contributed by atoms with E-state index in [0.717, 1.165) is 18.5 Å². The maximum absolute atomic E-state index is 12.0. The van der Waals surface area contributed by atoms with E-state index in [1.54, 1.807) is 17.0 Å². The first-order valence-corrected chi connectivity index (χ1v) is 7.62. The maximum Gasteiger partial charge on any atom is 0.410 e. The second-order valence-corrected chi connectivity index (χ2v) is 6.58. The number of hydrogen-bond donors (Lipinski definition) is 1. The van der Waals surface area contributed by atoms with Gasteiger partial charge in [0.15, 0.2) is 0 Å². The Bertz CT molecular complexity index is 547. The van der Waals surface area contributed by atoms with Crippen LogP contribution in [0.3, 0.4) is 0 Å². The fourth-order valence-electron chi connectivity index (χ4n) is 2.41. The summed E-state index contributed by atoms with van der Waals surface area (Å²) < 4.78 is 5.39. The number of piperidine rings is 1. The van der Waals surface area contributed by atoms with Gasteiger partial charge in [-0.05, 0) is 57.9 Å². The molecule has 0 aromatic heterocycles. The van der Waals surface area contributed by atoms with E-state index in [4.69, 9.17) is 10.00 Å². The first-order chi connectivity index (χ1) is 10.4. The van der Waals surface area contributed by atoms with Crippen molar-refractivity contribution < 1.29 is 9.53 Å². The first kappa shape index (κ1) is 16.2. The number of nitriles is 1. The van der Waals surface area contributed by atoms with Crippen molar-refractivity contribution in [1.29, 1.82) is 5.26 Å². The van der Waals surface area contributed by atoms with Gasteiger partial charge in [0.2, 0.25) is 0 Å². The van der Waals surface area contributed by atoms with Crippen LogP contribution in [0.5, 0.6) is 0 Å². The van der Waals surface area contributed by atoms with Crippen LogP contribution in [0, 0.1) is 11.3 Å². The summed E-state index contributed by atoms with van der Waals surface area (Å²) in [6, 6.07) is 9.89. The predicted molar refractivity (Wildman–Crippen MR) is 85.6 cm³/mol. The molecule has 0 saturated carbocycles. The van der Waals surface area contributed by atoms with Gasteiger partial charge in [-0.2, -0.15) is 5.26 Å². The number of ether oxygens (including phenoxy) is 1. The number of hydrogen-bond acceptors (Lipinski definition) is 4. The van der Waals surface area contributed by atoms with E-state index < -0.39 is 5.60 Å². The molecule has 1 aromatic rings. The third-order valence-electron chi connectivity index (χ3n) is 3.53. The van der Waals surface area contributed by atoms with Crippen LogP contribution in [0.2, 0.25) is 0 Å². The third-order valence-corrected chi connectivity index (χ3v) is 3.53. The number of carbonyl (C=O) groups is 1. The quantitative estimate of drug-likeness (QED) is 0.909. The third kappa shape index (κ3) is 4.66. The Balaban J connectivity index is 1.82. The first-order valence-electron chi connectivity index (χ1n) is 7.62. The molecule has 0 unspecified atom stereocenters. The molecule has 5 nitrogen and oxygen atoms in total. The van der Waals surface area contributed by atoms with Gasteiger partial charge in [-0.1, -0.05) is 0 Å². The van der Waals surface area contributed by atoms with E-state index in [0.29, 0.717) is 24.7 Å². The van der Waals surface area contributed by atoms with Crippen LogP contribution in [0.25, 0.3) is 0 Å². The zero-order valence-corrected chi connectivity index (χ0v) is 13.4. The highest BCUT2D eigenvalue weighted by Crippen LogP contribution is 2.19. The Morgan fingerprint density at radius 2 is 1.86 bits per heavy atom. The van der Waals surface area contributed by atoms with Crippen molar-refractivity contribution in [3.8, 4) is 6.07 Å². The minimum Gasteiger partial charge on any atom is -0.444 e. The Morgan fingerprint density at radius 1 is 1.27 bits per heavy atom. The summed E-state index contributed by atoms with van der Waals surface area (Å²) in [4.78, 5) is 13.8. The number of nitrogens with zero attached hydrogens (tertiary/aromatic N) is 2. The van der Waals surface area contributed by atoms with E-state index >= 15 is 0 Å². The number of anilines is 1. The zero-order valence-electron chi connectivity index (χ0n) is 13.4. The van der Waals surface area contributed by atoms with Crippen LogP contribution in [0.15, 0.2) is 24.3 Å². The van der Waals surface area contributed by atoms with E-state index in [1.165, 1.54) is 0 Å². The molecule has 2 rings (SSSR count). The lowest BCUT2D eigenvalue weighted by Crippen LogP contribution is -2.44. The molecule has 1 heterocycles. The zero-order chi connectivity index (χ0) is 16.2. The van der Waals surface area contributed by atoms with Crippen molar-refractivity contribution in [3.63, 3.8) is 0 Å². The SMILES string of the molecule is CC(C)(C)OC(=O)N1CCC(Nc2ccc(C#N)cc2)CC1. The molecule has 0 aliphatic carbocycles. The highest BCUT2D eigenvalue weighted by atomic mass is 16.6. The average Bonchev–Trinajstić information content (AvgIpc) is 2.47. The van der Waals surface area contributed by atoms with Crippen LogP contribution >= 0.6 is 0 Å². The van der Waals surface area contributed by atoms with Gasteiger partial charge in [0.1, 0.15) is 5.60 Å². The molecule has 1 saturated heterocycles. The molecule has 1 aromatic carbocycles. The fourth-order valence-corrected chi connectivity index (χ4v) is 2.41. The normalized spacial score (nSPS) is 16.0. The fraction of sp³-hybridized carbons (Fsp3) is 0.529. The number of rotatable bonds is 2. The highest BCUT2D eigenvalue weighted by Gasteiger charge is 2.26. The lowest BCUT2D eigenvalue weighted by molar-refractivity contribution is 0.0210. The predicted octanol–water partition coefficient (Wildman–Crippen LogP) is 3.37.